The predicted molar refractivity (Wildman–Crippen MR) is 169 cm³/mol. The van der Waals surface area contributed by atoms with Crippen molar-refractivity contribution in [1.29, 1.82) is 0 Å². The molecule has 5 rings (SSSR count). The van der Waals surface area contributed by atoms with E-state index in [9.17, 15) is 9.59 Å². The van der Waals surface area contributed by atoms with E-state index in [2.05, 4.69) is 15.5 Å². The van der Waals surface area contributed by atoms with E-state index in [1.807, 2.05) is 65.6 Å². The topological polar surface area (TPSA) is 77.8 Å². The van der Waals surface area contributed by atoms with Crippen LogP contribution in [-0.2, 0) is 4.79 Å². The molecule has 0 aliphatic carbocycles. The van der Waals surface area contributed by atoms with Crippen molar-refractivity contribution in [1.82, 2.24) is 10.2 Å². The maximum Gasteiger partial charge on any atom is 0.253 e. The smallest absolute Gasteiger partial charge is 0.253 e. The van der Waals surface area contributed by atoms with Crippen molar-refractivity contribution >= 4 is 69.8 Å². The van der Waals surface area contributed by atoms with Gasteiger partial charge in [-0.15, -0.1) is 0 Å². The Bertz CT molecular complexity index is 1580. The van der Waals surface area contributed by atoms with Crippen LogP contribution in [0.2, 0.25) is 10.0 Å². The number of thiocarbonyl (C=S) groups is 1. The van der Waals surface area contributed by atoms with Gasteiger partial charge in [0.1, 0.15) is 11.5 Å². The molecule has 1 aliphatic heterocycles. The van der Waals surface area contributed by atoms with Crippen LogP contribution in [-0.4, -0.2) is 48.0 Å². The number of halogens is 2. The number of amides is 2. The Hall–Kier alpha value is -4.11. The van der Waals surface area contributed by atoms with Gasteiger partial charge in [-0.05, 0) is 85.0 Å². The molecule has 1 fully saturated rings. The Kier molecular flexibility index (Phi) is 9.04. The summed E-state index contributed by atoms with van der Waals surface area (Å²) < 4.78 is 5.78. The van der Waals surface area contributed by atoms with Crippen LogP contribution < -0.4 is 15.5 Å². The van der Waals surface area contributed by atoms with Crippen molar-refractivity contribution in [2.75, 3.05) is 36.4 Å². The minimum absolute atomic E-state index is 0.0353. The SMILES string of the molecule is O=C(C=Cc1ccc(-c2ccc(Cl)cc2)o1)NC(=S)Nc1ccc(N2CCN(C(=O)c3ccccc3)CC2)c(Cl)c1. The summed E-state index contributed by atoms with van der Waals surface area (Å²) in [6.07, 6.45) is 2.91. The van der Waals surface area contributed by atoms with E-state index in [0.29, 0.717) is 59.0 Å². The second-order valence-corrected chi connectivity index (χ2v) is 10.5. The van der Waals surface area contributed by atoms with Gasteiger partial charge in [0, 0.05) is 54.1 Å². The first kappa shape index (κ1) is 28.4. The van der Waals surface area contributed by atoms with Crippen molar-refractivity contribution < 1.29 is 14.0 Å². The van der Waals surface area contributed by atoms with E-state index >= 15 is 0 Å². The van der Waals surface area contributed by atoms with Crippen LogP contribution in [0, 0.1) is 0 Å². The molecule has 41 heavy (non-hydrogen) atoms. The van der Waals surface area contributed by atoms with Crippen molar-refractivity contribution in [2.45, 2.75) is 0 Å². The first-order valence-electron chi connectivity index (χ1n) is 12.9. The maximum absolute atomic E-state index is 12.7. The molecule has 0 spiro atoms. The molecule has 10 heteroatoms. The second kappa shape index (κ2) is 13.0. The molecule has 0 radical (unpaired) electrons. The number of hydrogen-bond donors (Lipinski definition) is 2. The number of benzene rings is 3. The molecule has 1 aliphatic rings. The number of anilines is 2. The lowest BCUT2D eigenvalue weighted by molar-refractivity contribution is -0.115. The normalized spacial score (nSPS) is 13.3. The molecular formula is C31H26Cl2N4O3S. The molecule has 208 valence electrons. The van der Waals surface area contributed by atoms with Gasteiger partial charge in [-0.2, -0.15) is 0 Å². The molecule has 7 nitrogen and oxygen atoms in total. The van der Waals surface area contributed by atoms with Crippen LogP contribution in [0.1, 0.15) is 16.1 Å². The fourth-order valence-corrected chi connectivity index (χ4v) is 5.08. The largest absolute Gasteiger partial charge is 0.457 e. The Morgan fingerprint density at radius 1 is 0.878 bits per heavy atom. The fraction of sp³-hybridized carbons (Fsp3) is 0.129. The second-order valence-electron chi connectivity index (χ2n) is 9.30. The van der Waals surface area contributed by atoms with Gasteiger partial charge in [0.05, 0.1) is 10.7 Å². The lowest BCUT2D eigenvalue weighted by Crippen LogP contribution is -2.48. The van der Waals surface area contributed by atoms with E-state index in [-0.39, 0.29) is 11.0 Å². The van der Waals surface area contributed by atoms with Crippen LogP contribution in [0.5, 0.6) is 0 Å². The molecule has 1 saturated heterocycles. The Labute approximate surface area is 253 Å². The minimum atomic E-state index is -0.405. The summed E-state index contributed by atoms with van der Waals surface area (Å²) in [6, 6.07) is 25.7. The average Bonchev–Trinajstić information content (AvgIpc) is 3.46. The molecule has 0 unspecified atom stereocenters. The Balaban J connectivity index is 1.11. The molecule has 0 bridgehead atoms. The van der Waals surface area contributed by atoms with Gasteiger partial charge < -0.3 is 19.5 Å². The molecule has 2 N–H and O–H groups in total. The van der Waals surface area contributed by atoms with Crippen molar-refractivity contribution in [3.05, 3.63) is 112 Å². The molecule has 2 heterocycles. The minimum Gasteiger partial charge on any atom is -0.457 e. The zero-order valence-corrected chi connectivity index (χ0v) is 24.2. The average molecular weight is 606 g/mol. The van der Waals surface area contributed by atoms with E-state index in [0.717, 1.165) is 11.3 Å². The number of hydrogen-bond acceptors (Lipinski definition) is 5. The molecular weight excluding hydrogens is 579 g/mol. The molecule has 3 aromatic carbocycles. The number of carbonyl (C=O) groups is 2. The quantitative estimate of drug-likeness (QED) is 0.187. The third-order valence-corrected chi connectivity index (χ3v) is 7.28. The first-order chi connectivity index (χ1) is 19.9. The van der Waals surface area contributed by atoms with E-state index in [1.165, 1.54) is 6.08 Å². The van der Waals surface area contributed by atoms with Gasteiger partial charge in [-0.25, -0.2) is 0 Å². The lowest BCUT2D eigenvalue weighted by atomic mass is 10.1. The van der Waals surface area contributed by atoms with Gasteiger partial charge in [-0.1, -0.05) is 41.4 Å². The number of nitrogens with zero attached hydrogens (tertiary/aromatic N) is 2. The van der Waals surface area contributed by atoms with Crippen LogP contribution >= 0.6 is 35.4 Å². The highest BCUT2D eigenvalue weighted by Gasteiger charge is 2.23. The number of carbonyl (C=O) groups excluding carboxylic acids is 2. The summed E-state index contributed by atoms with van der Waals surface area (Å²) in [4.78, 5) is 29.1. The summed E-state index contributed by atoms with van der Waals surface area (Å²) in [5.41, 5.74) is 3.09. The van der Waals surface area contributed by atoms with Gasteiger partial charge >= 0.3 is 0 Å². The summed E-state index contributed by atoms with van der Waals surface area (Å²) >= 11 is 17.8. The highest BCUT2D eigenvalue weighted by Crippen LogP contribution is 2.30. The van der Waals surface area contributed by atoms with Gasteiger partial charge in [0.15, 0.2) is 5.11 Å². The zero-order chi connectivity index (χ0) is 28.8. The van der Waals surface area contributed by atoms with Crippen molar-refractivity contribution in [3.63, 3.8) is 0 Å². The molecule has 0 atom stereocenters. The summed E-state index contributed by atoms with van der Waals surface area (Å²) in [6.45, 7) is 2.55. The highest BCUT2D eigenvalue weighted by atomic mass is 35.5. The molecule has 0 saturated carbocycles. The van der Waals surface area contributed by atoms with Gasteiger partial charge in [-0.3, -0.25) is 14.9 Å². The summed E-state index contributed by atoms with van der Waals surface area (Å²) in [7, 11) is 0. The molecule has 4 aromatic rings. The standard InChI is InChI=1S/C31H26Cl2N4O3S/c32-23-8-6-21(7-9-23)28-14-11-25(40-28)12-15-29(38)35-31(41)34-24-10-13-27(26(33)20-24)36-16-18-37(19-17-36)30(39)22-4-2-1-3-5-22/h1-15,20H,16-19H2,(H2,34,35,38,41). The number of piperazine rings is 1. The maximum atomic E-state index is 12.7. The molecule has 1 aromatic heterocycles. The van der Waals surface area contributed by atoms with Crippen LogP contribution in [0.3, 0.4) is 0 Å². The van der Waals surface area contributed by atoms with Gasteiger partial charge in [0.25, 0.3) is 5.91 Å². The predicted octanol–water partition coefficient (Wildman–Crippen LogP) is 6.74. The van der Waals surface area contributed by atoms with Crippen LogP contribution in [0.25, 0.3) is 17.4 Å². The van der Waals surface area contributed by atoms with E-state index in [1.54, 1.807) is 30.3 Å². The van der Waals surface area contributed by atoms with E-state index in [4.69, 9.17) is 39.8 Å². The fourth-order valence-electron chi connectivity index (χ4n) is 4.44. The first-order valence-corrected chi connectivity index (χ1v) is 14.1. The van der Waals surface area contributed by atoms with Gasteiger partial charge in [0.2, 0.25) is 5.91 Å². The summed E-state index contributed by atoms with van der Waals surface area (Å²) in [5, 5.41) is 6.93. The van der Waals surface area contributed by atoms with Crippen LogP contribution in [0.4, 0.5) is 11.4 Å². The number of nitrogens with one attached hydrogen (secondary N) is 2. The molecule has 2 amide bonds. The third kappa shape index (κ3) is 7.35. The van der Waals surface area contributed by atoms with Crippen molar-refractivity contribution in [3.8, 4) is 11.3 Å². The third-order valence-electron chi connectivity index (χ3n) is 6.53. The van der Waals surface area contributed by atoms with E-state index < -0.39 is 5.91 Å². The number of rotatable bonds is 6. The number of furan rings is 1. The summed E-state index contributed by atoms with van der Waals surface area (Å²) in [5.74, 6) is 0.823. The monoisotopic (exact) mass is 604 g/mol. The highest BCUT2D eigenvalue weighted by molar-refractivity contribution is 7.80. The lowest BCUT2D eigenvalue weighted by Gasteiger charge is -2.36. The Morgan fingerprint density at radius 2 is 1.61 bits per heavy atom. The van der Waals surface area contributed by atoms with Crippen molar-refractivity contribution in [2.24, 2.45) is 0 Å². The Morgan fingerprint density at radius 3 is 2.32 bits per heavy atom. The van der Waals surface area contributed by atoms with Crippen LogP contribution in [0.15, 0.2) is 95.4 Å². The zero-order valence-electron chi connectivity index (χ0n) is 21.8.